The summed E-state index contributed by atoms with van der Waals surface area (Å²) in [6.07, 6.45) is 0.0362. The van der Waals surface area contributed by atoms with Crippen molar-refractivity contribution in [2.24, 2.45) is 5.41 Å². The molecule has 7 heteroatoms. The maximum atomic E-state index is 12.1. The first-order valence-electron chi connectivity index (χ1n) is 6.88. The number of rotatable bonds is 6. The molecule has 1 aliphatic rings. The number of thioether (sulfide) groups is 1. The van der Waals surface area contributed by atoms with Crippen LogP contribution in [0.25, 0.3) is 0 Å². The Labute approximate surface area is 130 Å². The van der Waals surface area contributed by atoms with Gasteiger partial charge in [0, 0.05) is 27.8 Å². The summed E-state index contributed by atoms with van der Waals surface area (Å²) in [4.78, 5) is 0.895. The summed E-state index contributed by atoms with van der Waals surface area (Å²) in [6, 6.07) is 7.22. The first-order chi connectivity index (χ1) is 9.72. The second-order valence-corrected chi connectivity index (χ2v) is 8.96. The van der Waals surface area contributed by atoms with Crippen LogP contribution in [0, 0.1) is 5.41 Å². The van der Waals surface area contributed by atoms with Gasteiger partial charge in [-0.2, -0.15) is 0 Å². The van der Waals surface area contributed by atoms with Crippen molar-refractivity contribution in [3.63, 3.8) is 0 Å². The van der Waals surface area contributed by atoms with Gasteiger partial charge in [-0.05, 0) is 18.6 Å². The summed E-state index contributed by atoms with van der Waals surface area (Å²) in [5.41, 5.74) is 6.08. The van der Waals surface area contributed by atoms with Crippen molar-refractivity contribution < 1.29 is 13.5 Å². The van der Waals surface area contributed by atoms with E-state index in [0.717, 1.165) is 4.90 Å². The Morgan fingerprint density at radius 3 is 2.67 bits per heavy atom. The third-order valence-corrected chi connectivity index (χ3v) is 6.80. The van der Waals surface area contributed by atoms with Crippen LogP contribution < -0.4 is 10.5 Å². The summed E-state index contributed by atoms with van der Waals surface area (Å²) >= 11 is 1.43. The molecule has 118 valence electrons. The number of aliphatic hydroxyl groups is 1. The molecule has 1 aromatic rings. The van der Waals surface area contributed by atoms with E-state index in [1.165, 1.54) is 11.8 Å². The van der Waals surface area contributed by atoms with E-state index < -0.39 is 21.5 Å². The Bertz CT molecular complexity index is 602. The Morgan fingerprint density at radius 1 is 1.43 bits per heavy atom. The summed E-state index contributed by atoms with van der Waals surface area (Å²) in [5, 5.41) is 9.65. The predicted octanol–water partition coefficient (Wildman–Crippen LogP) is 1.44. The monoisotopic (exact) mass is 330 g/mol. The van der Waals surface area contributed by atoms with Gasteiger partial charge < -0.3 is 10.8 Å². The molecule has 5 nitrogen and oxygen atoms in total. The zero-order valence-corrected chi connectivity index (χ0v) is 13.9. The predicted molar refractivity (Wildman–Crippen MR) is 86.7 cm³/mol. The highest BCUT2D eigenvalue weighted by Gasteiger charge is 2.48. The van der Waals surface area contributed by atoms with Crippen molar-refractivity contribution in [3.05, 3.63) is 24.3 Å². The highest BCUT2D eigenvalue weighted by molar-refractivity contribution is 8.00. The second kappa shape index (κ2) is 6.16. The lowest BCUT2D eigenvalue weighted by molar-refractivity contribution is -0.0644. The third-order valence-electron chi connectivity index (χ3n) is 4.07. The van der Waals surface area contributed by atoms with Crippen LogP contribution in [0.4, 0.5) is 5.69 Å². The van der Waals surface area contributed by atoms with E-state index in [0.29, 0.717) is 17.9 Å². The molecule has 0 aliphatic heterocycles. The molecule has 1 fully saturated rings. The molecule has 2 atom stereocenters. The molecule has 0 saturated heterocycles. The van der Waals surface area contributed by atoms with Gasteiger partial charge in [0.1, 0.15) is 0 Å². The van der Waals surface area contributed by atoms with E-state index in [9.17, 15) is 13.5 Å². The smallest absolute Gasteiger partial charge is 0.212 e. The molecule has 0 radical (unpaired) electrons. The normalized spacial score (nSPS) is 24.5. The summed E-state index contributed by atoms with van der Waals surface area (Å²) < 4.78 is 26.8. The fourth-order valence-corrected chi connectivity index (χ4v) is 5.04. The van der Waals surface area contributed by atoms with Gasteiger partial charge in [0.2, 0.25) is 10.0 Å². The molecule has 0 aromatic heterocycles. The van der Waals surface area contributed by atoms with E-state index in [-0.39, 0.29) is 11.8 Å². The van der Waals surface area contributed by atoms with Crippen LogP contribution in [0.1, 0.15) is 20.3 Å². The van der Waals surface area contributed by atoms with Gasteiger partial charge in [0.25, 0.3) is 0 Å². The average Bonchev–Trinajstić information content (AvgIpc) is 2.40. The molecule has 1 aromatic carbocycles. The number of nitrogen functional groups attached to an aromatic ring is 1. The van der Waals surface area contributed by atoms with E-state index in [1.807, 2.05) is 32.0 Å². The molecule has 0 heterocycles. The van der Waals surface area contributed by atoms with Crippen molar-refractivity contribution in [3.8, 4) is 0 Å². The van der Waals surface area contributed by atoms with Gasteiger partial charge in [-0.3, -0.25) is 0 Å². The third kappa shape index (κ3) is 3.91. The minimum absolute atomic E-state index is 0.0364. The number of benzene rings is 1. The maximum absolute atomic E-state index is 12.1. The maximum Gasteiger partial charge on any atom is 0.212 e. The molecular formula is C14H22N2O3S2. The highest BCUT2D eigenvalue weighted by Crippen LogP contribution is 2.40. The minimum atomic E-state index is -3.34. The molecule has 21 heavy (non-hydrogen) atoms. The van der Waals surface area contributed by atoms with Crippen molar-refractivity contribution in [1.29, 1.82) is 0 Å². The second-order valence-electron chi connectivity index (χ2n) is 5.95. The number of nitrogens with two attached hydrogens (primary N) is 1. The molecule has 1 saturated carbocycles. The number of aliphatic hydroxyl groups excluding tert-OH is 1. The molecule has 4 N–H and O–H groups in total. The minimum Gasteiger partial charge on any atom is -0.398 e. The van der Waals surface area contributed by atoms with Gasteiger partial charge in [0.05, 0.1) is 11.9 Å². The molecule has 2 unspecified atom stereocenters. The van der Waals surface area contributed by atoms with Crippen LogP contribution in [0.5, 0.6) is 0 Å². The van der Waals surface area contributed by atoms with E-state index >= 15 is 0 Å². The highest BCUT2D eigenvalue weighted by atomic mass is 32.2. The van der Waals surface area contributed by atoms with Gasteiger partial charge in [0.15, 0.2) is 0 Å². The first kappa shape index (κ1) is 16.6. The first-order valence-corrected chi connectivity index (χ1v) is 9.51. The number of para-hydroxylation sites is 1. The van der Waals surface area contributed by atoms with Crippen LogP contribution in [-0.4, -0.2) is 37.2 Å². The summed E-state index contributed by atoms with van der Waals surface area (Å²) in [5.74, 6) is 0.480. The SMILES string of the molecule is CC1(C)C(O)CC1NS(=O)(=O)CCSc1ccccc1N. The molecule has 1 aliphatic carbocycles. The molecule has 0 spiro atoms. The molecule has 0 bridgehead atoms. The fourth-order valence-electron chi connectivity index (χ4n) is 2.25. The Morgan fingerprint density at radius 2 is 2.10 bits per heavy atom. The van der Waals surface area contributed by atoms with Crippen LogP contribution >= 0.6 is 11.8 Å². The number of hydrogen-bond donors (Lipinski definition) is 3. The van der Waals surface area contributed by atoms with Crippen molar-refractivity contribution >= 4 is 27.5 Å². The number of sulfonamides is 1. The lowest BCUT2D eigenvalue weighted by Crippen LogP contribution is -2.61. The lowest BCUT2D eigenvalue weighted by Gasteiger charge is -2.49. The van der Waals surface area contributed by atoms with Gasteiger partial charge in [-0.1, -0.05) is 26.0 Å². The fraction of sp³-hybridized carbons (Fsp3) is 0.571. The Hall–Kier alpha value is -0.760. The number of nitrogens with one attached hydrogen (secondary N) is 1. The van der Waals surface area contributed by atoms with Crippen LogP contribution in [0.2, 0.25) is 0 Å². The van der Waals surface area contributed by atoms with Gasteiger partial charge in [-0.25, -0.2) is 13.1 Å². The topological polar surface area (TPSA) is 92.4 Å². The van der Waals surface area contributed by atoms with Crippen molar-refractivity contribution in [2.75, 3.05) is 17.2 Å². The Kier molecular flexibility index (Phi) is 4.87. The van der Waals surface area contributed by atoms with Crippen LogP contribution in [0.3, 0.4) is 0 Å². The number of hydrogen-bond acceptors (Lipinski definition) is 5. The van der Waals surface area contributed by atoms with Crippen LogP contribution in [-0.2, 0) is 10.0 Å². The van der Waals surface area contributed by atoms with Gasteiger partial charge in [-0.15, -0.1) is 11.8 Å². The largest absolute Gasteiger partial charge is 0.398 e. The van der Waals surface area contributed by atoms with Crippen molar-refractivity contribution in [1.82, 2.24) is 4.72 Å². The standard InChI is InChI=1S/C14H22N2O3S2/c1-14(2)12(9-13(14)17)16-21(18,19)8-7-20-11-6-4-3-5-10(11)15/h3-6,12-13,16-17H,7-9,15H2,1-2H3. The van der Waals surface area contributed by atoms with E-state index in [2.05, 4.69) is 4.72 Å². The zero-order valence-electron chi connectivity index (χ0n) is 12.2. The molecular weight excluding hydrogens is 308 g/mol. The van der Waals surface area contributed by atoms with E-state index in [1.54, 1.807) is 6.07 Å². The average molecular weight is 330 g/mol. The molecule has 0 amide bonds. The zero-order chi connectivity index (χ0) is 15.7. The summed E-state index contributed by atoms with van der Waals surface area (Å²) in [7, 11) is -3.34. The lowest BCUT2D eigenvalue weighted by atomic mass is 9.65. The van der Waals surface area contributed by atoms with Crippen molar-refractivity contribution in [2.45, 2.75) is 37.3 Å². The quantitative estimate of drug-likeness (QED) is 0.542. The van der Waals surface area contributed by atoms with Gasteiger partial charge >= 0.3 is 0 Å². The number of anilines is 1. The Balaban J connectivity index is 1.84. The van der Waals surface area contributed by atoms with Crippen LogP contribution in [0.15, 0.2) is 29.2 Å². The van der Waals surface area contributed by atoms with E-state index in [4.69, 9.17) is 5.73 Å². The summed E-state index contributed by atoms with van der Waals surface area (Å²) in [6.45, 7) is 3.74. The molecule has 2 rings (SSSR count).